The van der Waals surface area contributed by atoms with Gasteiger partial charge in [-0.25, -0.2) is 4.98 Å². The van der Waals surface area contributed by atoms with E-state index in [2.05, 4.69) is 57.0 Å². The Morgan fingerprint density at radius 3 is 2.62 bits per heavy atom. The fourth-order valence-electron chi connectivity index (χ4n) is 6.33. The van der Waals surface area contributed by atoms with Crippen LogP contribution >= 0.6 is 0 Å². The molecule has 0 bridgehead atoms. The lowest BCUT2D eigenvalue weighted by Gasteiger charge is -2.46. The normalized spacial score (nSPS) is 22.0. The van der Waals surface area contributed by atoms with E-state index in [1.807, 2.05) is 29.2 Å². The highest BCUT2D eigenvalue weighted by atomic mass is 16.2. The molecule has 1 N–H and O–H groups in total. The zero-order valence-electron chi connectivity index (χ0n) is 22.8. The predicted molar refractivity (Wildman–Crippen MR) is 153 cm³/mol. The molecule has 9 nitrogen and oxygen atoms in total. The Morgan fingerprint density at radius 2 is 1.85 bits per heavy atom. The third kappa shape index (κ3) is 5.02. The van der Waals surface area contributed by atoms with Crippen LogP contribution in [0.25, 0.3) is 10.9 Å². The summed E-state index contributed by atoms with van der Waals surface area (Å²) >= 11 is 0. The molecule has 0 spiro atoms. The molecule has 1 amide bonds. The largest absolute Gasteiger partial charge is 0.368 e. The number of pyridine rings is 2. The van der Waals surface area contributed by atoms with Crippen molar-refractivity contribution in [2.24, 2.45) is 0 Å². The van der Waals surface area contributed by atoms with Gasteiger partial charge in [-0.15, -0.1) is 0 Å². The van der Waals surface area contributed by atoms with Gasteiger partial charge in [0, 0.05) is 93.8 Å². The van der Waals surface area contributed by atoms with E-state index in [0.29, 0.717) is 18.7 Å². The lowest BCUT2D eigenvalue weighted by Crippen LogP contribution is -2.59. The fourth-order valence-corrected chi connectivity index (χ4v) is 6.33. The van der Waals surface area contributed by atoms with Crippen LogP contribution < -0.4 is 15.1 Å². The topological polar surface area (TPSA) is 91.6 Å². The van der Waals surface area contributed by atoms with E-state index >= 15 is 0 Å². The van der Waals surface area contributed by atoms with Gasteiger partial charge >= 0.3 is 0 Å². The molecule has 0 radical (unpaired) electrons. The van der Waals surface area contributed by atoms with Crippen molar-refractivity contribution in [2.45, 2.75) is 38.9 Å². The van der Waals surface area contributed by atoms with E-state index in [1.165, 1.54) is 5.56 Å². The standard InChI is InChI=1S/C30H36N8O/c1-21-17-37(27-7-5-23(16-31)30-25(27)4-3-10-33-30)18-22(2)38(21)20-29(39)36-13-9-26-24(19-36)6-8-28(34-26)35-14-11-32-12-15-35/h3-8,10,21-22,32H,9,11-15,17-20H2,1-2H3/t21-,22+. The van der Waals surface area contributed by atoms with Gasteiger partial charge in [0.25, 0.3) is 0 Å². The maximum atomic E-state index is 13.5. The number of hydrogen-bond donors (Lipinski definition) is 1. The number of benzene rings is 1. The quantitative estimate of drug-likeness (QED) is 0.557. The molecule has 5 heterocycles. The molecule has 3 aliphatic heterocycles. The third-order valence-corrected chi connectivity index (χ3v) is 8.45. The second-order valence-corrected chi connectivity index (χ2v) is 11.0. The highest BCUT2D eigenvalue weighted by Crippen LogP contribution is 2.31. The lowest BCUT2D eigenvalue weighted by atomic mass is 10.0. The first-order chi connectivity index (χ1) is 19.0. The van der Waals surface area contributed by atoms with Crippen molar-refractivity contribution in [1.29, 1.82) is 5.26 Å². The van der Waals surface area contributed by atoms with Crippen molar-refractivity contribution in [3.05, 3.63) is 59.4 Å². The van der Waals surface area contributed by atoms with E-state index in [4.69, 9.17) is 4.98 Å². The first-order valence-electron chi connectivity index (χ1n) is 14.0. The minimum atomic E-state index is 0.187. The third-order valence-electron chi connectivity index (χ3n) is 8.45. The van der Waals surface area contributed by atoms with Gasteiger partial charge in [-0.1, -0.05) is 6.07 Å². The Balaban J connectivity index is 1.11. The average molecular weight is 525 g/mol. The number of carbonyl (C=O) groups is 1. The van der Waals surface area contributed by atoms with Crippen LogP contribution in [0.1, 0.15) is 30.7 Å². The summed E-state index contributed by atoms with van der Waals surface area (Å²) in [5.74, 6) is 1.24. The summed E-state index contributed by atoms with van der Waals surface area (Å²) in [6.07, 6.45) is 2.54. The number of aromatic nitrogens is 2. The summed E-state index contributed by atoms with van der Waals surface area (Å²) in [5, 5.41) is 13.9. The number of nitrogens with zero attached hydrogens (tertiary/aromatic N) is 7. The van der Waals surface area contributed by atoms with E-state index in [1.54, 1.807) is 6.20 Å². The first kappa shape index (κ1) is 25.5. The molecule has 3 aliphatic rings. The molecular formula is C30H36N8O. The summed E-state index contributed by atoms with van der Waals surface area (Å²) in [6, 6.07) is 14.8. The Labute approximate surface area is 230 Å². The summed E-state index contributed by atoms with van der Waals surface area (Å²) in [5.41, 5.74) is 4.74. The van der Waals surface area contributed by atoms with Crippen LogP contribution in [-0.4, -0.2) is 90.1 Å². The van der Waals surface area contributed by atoms with Gasteiger partial charge in [0.15, 0.2) is 0 Å². The maximum Gasteiger partial charge on any atom is 0.237 e. The van der Waals surface area contributed by atoms with Gasteiger partial charge in [0.05, 0.1) is 17.6 Å². The Hall–Kier alpha value is -3.74. The average Bonchev–Trinajstić information content (AvgIpc) is 2.98. The van der Waals surface area contributed by atoms with Crippen LogP contribution in [-0.2, 0) is 17.8 Å². The molecule has 3 aromatic rings. The highest BCUT2D eigenvalue weighted by molar-refractivity contribution is 5.95. The zero-order valence-corrected chi connectivity index (χ0v) is 22.8. The molecule has 39 heavy (non-hydrogen) atoms. The highest BCUT2D eigenvalue weighted by Gasteiger charge is 2.33. The predicted octanol–water partition coefficient (Wildman–Crippen LogP) is 2.39. The monoisotopic (exact) mass is 524 g/mol. The van der Waals surface area contributed by atoms with Gasteiger partial charge in [-0.05, 0) is 49.7 Å². The number of anilines is 2. The SMILES string of the molecule is C[C@@H]1CN(c2ccc(C#N)c3ncccc23)C[C@H](C)N1CC(=O)N1CCc2nc(N3CCNCC3)ccc2C1. The number of hydrogen-bond acceptors (Lipinski definition) is 8. The zero-order chi connectivity index (χ0) is 26.9. The lowest BCUT2D eigenvalue weighted by molar-refractivity contribution is -0.134. The minimum Gasteiger partial charge on any atom is -0.368 e. The smallest absolute Gasteiger partial charge is 0.237 e. The number of piperazine rings is 2. The minimum absolute atomic E-state index is 0.187. The summed E-state index contributed by atoms with van der Waals surface area (Å²) in [4.78, 5) is 32.0. The van der Waals surface area contributed by atoms with E-state index in [9.17, 15) is 10.1 Å². The van der Waals surface area contributed by atoms with Crippen molar-refractivity contribution in [3.8, 4) is 6.07 Å². The first-order valence-corrected chi connectivity index (χ1v) is 14.0. The molecule has 202 valence electrons. The second kappa shape index (κ2) is 10.8. The second-order valence-electron chi connectivity index (χ2n) is 11.0. The van der Waals surface area contributed by atoms with Crippen molar-refractivity contribution in [1.82, 2.24) is 25.1 Å². The number of fused-ring (bicyclic) bond motifs is 2. The van der Waals surface area contributed by atoms with Gasteiger partial charge in [0.2, 0.25) is 5.91 Å². The Kier molecular flexibility index (Phi) is 7.07. The molecule has 2 fully saturated rings. The maximum absolute atomic E-state index is 13.5. The Bertz CT molecular complexity index is 1400. The van der Waals surface area contributed by atoms with Gasteiger partial charge < -0.3 is 20.0 Å². The molecule has 9 heteroatoms. The van der Waals surface area contributed by atoms with E-state index < -0.39 is 0 Å². The fraction of sp³-hybridized carbons (Fsp3) is 0.467. The van der Waals surface area contributed by atoms with Gasteiger partial charge in [-0.2, -0.15) is 5.26 Å². The molecule has 1 aromatic carbocycles. The van der Waals surface area contributed by atoms with Crippen molar-refractivity contribution < 1.29 is 4.79 Å². The van der Waals surface area contributed by atoms with Gasteiger partial charge in [-0.3, -0.25) is 14.7 Å². The summed E-state index contributed by atoms with van der Waals surface area (Å²) in [6.45, 7) is 11.8. The van der Waals surface area contributed by atoms with Crippen LogP contribution in [0.15, 0.2) is 42.6 Å². The number of amides is 1. The van der Waals surface area contributed by atoms with Gasteiger partial charge in [0.1, 0.15) is 11.9 Å². The van der Waals surface area contributed by atoms with E-state index in [-0.39, 0.29) is 18.0 Å². The van der Waals surface area contributed by atoms with Crippen LogP contribution in [0.5, 0.6) is 0 Å². The molecule has 6 rings (SSSR count). The summed E-state index contributed by atoms with van der Waals surface area (Å²) in [7, 11) is 0. The van der Waals surface area contributed by atoms with Crippen molar-refractivity contribution in [2.75, 3.05) is 62.2 Å². The van der Waals surface area contributed by atoms with Crippen LogP contribution in [0.3, 0.4) is 0 Å². The van der Waals surface area contributed by atoms with Crippen LogP contribution in [0, 0.1) is 11.3 Å². The molecule has 0 unspecified atom stereocenters. The number of nitriles is 1. The number of rotatable bonds is 4. The number of carbonyl (C=O) groups excluding carboxylic acids is 1. The molecule has 0 saturated carbocycles. The molecule has 0 aliphatic carbocycles. The molecule has 2 atom stereocenters. The van der Waals surface area contributed by atoms with Crippen molar-refractivity contribution in [3.63, 3.8) is 0 Å². The van der Waals surface area contributed by atoms with Crippen LogP contribution in [0.4, 0.5) is 11.5 Å². The summed E-state index contributed by atoms with van der Waals surface area (Å²) < 4.78 is 0. The van der Waals surface area contributed by atoms with E-state index in [0.717, 1.165) is 80.3 Å². The molecule has 2 aromatic heterocycles. The molecule has 2 saturated heterocycles. The van der Waals surface area contributed by atoms with Crippen molar-refractivity contribution >= 4 is 28.3 Å². The number of nitrogens with one attached hydrogen (secondary N) is 1. The Morgan fingerprint density at radius 1 is 1.05 bits per heavy atom. The van der Waals surface area contributed by atoms with Crippen LogP contribution in [0.2, 0.25) is 0 Å². The molecular weight excluding hydrogens is 488 g/mol.